The predicted octanol–water partition coefficient (Wildman–Crippen LogP) is 3.90. The van der Waals surface area contributed by atoms with E-state index in [0.717, 1.165) is 28.8 Å². The Bertz CT molecular complexity index is 958. The molecule has 0 radical (unpaired) electrons. The minimum Gasteiger partial charge on any atom is -0.494 e. The van der Waals surface area contributed by atoms with Crippen molar-refractivity contribution in [3.05, 3.63) is 35.7 Å². The number of carbonyl (C=O) groups excluding carboxylic acids is 2. The first-order valence-corrected chi connectivity index (χ1v) is 12.4. The van der Waals surface area contributed by atoms with Crippen LogP contribution in [0.25, 0.3) is 10.2 Å². The molecular weight excluding hydrogens is 418 g/mol. The number of amides is 2. The van der Waals surface area contributed by atoms with Gasteiger partial charge in [0, 0.05) is 12.6 Å². The number of thioether (sulfide) groups is 1. The zero-order valence-electron chi connectivity index (χ0n) is 17.4. The smallest absolute Gasteiger partial charge is 0.258 e. The van der Waals surface area contributed by atoms with Gasteiger partial charge in [-0.1, -0.05) is 36.7 Å². The van der Waals surface area contributed by atoms with Crippen molar-refractivity contribution >= 4 is 45.1 Å². The topological polar surface area (TPSA) is 72.7 Å². The SMILES string of the molecule is C=CCn1c(=NC(=O)CSCC(=O)NC2CCCCC2)sc2cc(OCC)ccc21. The van der Waals surface area contributed by atoms with Crippen molar-refractivity contribution in [2.45, 2.75) is 51.6 Å². The Balaban J connectivity index is 1.62. The molecule has 162 valence electrons. The summed E-state index contributed by atoms with van der Waals surface area (Å²) in [5, 5.41) is 3.07. The zero-order valence-corrected chi connectivity index (χ0v) is 19.0. The average Bonchev–Trinajstić information content (AvgIpc) is 3.05. The standard InChI is InChI=1S/C22H29N3O3S2/c1-3-12-25-18-11-10-17(28-4-2)13-19(18)30-22(25)24-21(27)15-29-14-20(26)23-16-8-6-5-7-9-16/h3,10-11,13,16H,1,4-9,12,14-15H2,2H3,(H,23,26). The van der Waals surface area contributed by atoms with Gasteiger partial charge >= 0.3 is 0 Å². The van der Waals surface area contributed by atoms with Gasteiger partial charge in [-0.25, -0.2) is 0 Å². The summed E-state index contributed by atoms with van der Waals surface area (Å²) < 4.78 is 8.55. The van der Waals surface area contributed by atoms with Crippen LogP contribution in [0.5, 0.6) is 5.75 Å². The fraction of sp³-hybridized carbons (Fsp3) is 0.500. The lowest BCUT2D eigenvalue weighted by Crippen LogP contribution is -2.37. The Morgan fingerprint density at radius 2 is 2.13 bits per heavy atom. The maximum atomic E-state index is 12.4. The van der Waals surface area contributed by atoms with Crippen molar-refractivity contribution < 1.29 is 14.3 Å². The second-order valence-electron chi connectivity index (χ2n) is 7.25. The first-order chi connectivity index (χ1) is 14.6. The summed E-state index contributed by atoms with van der Waals surface area (Å²) in [4.78, 5) is 29.4. The molecule has 1 heterocycles. The molecule has 1 aromatic heterocycles. The molecule has 2 aromatic rings. The maximum absolute atomic E-state index is 12.4. The highest BCUT2D eigenvalue weighted by molar-refractivity contribution is 8.00. The van der Waals surface area contributed by atoms with Crippen molar-refractivity contribution in [2.24, 2.45) is 4.99 Å². The molecule has 0 bridgehead atoms. The molecular formula is C22H29N3O3S2. The van der Waals surface area contributed by atoms with E-state index in [9.17, 15) is 9.59 Å². The second-order valence-corrected chi connectivity index (χ2v) is 9.24. The summed E-state index contributed by atoms with van der Waals surface area (Å²) in [6.45, 7) is 6.93. The lowest BCUT2D eigenvalue weighted by atomic mass is 9.95. The molecule has 0 unspecified atom stereocenters. The van der Waals surface area contributed by atoms with E-state index in [2.05, 4.69) is 16.9 Å². The van der Waals surface area contributed by atoms with E-state index < -0.39 is 0 Å². The third kappa shape index (κ3) is 6.22. The predicted molar refractivity (Wildman–Crippen MR) is 124 cm³/mol. The molecule has 8 heteroatoms. The van der Waals surface area contributed by atoms with Gasteiger partial charge in [0.05, 0.1) is 28.3 Å². The van der Waals surface area contributed by atoms with Gasteiger partial charge in [0.25, 0.3) is 5.91 Å². The number of benzene rings is 1. The molecule has 1 saturated carbocycles. The Morgan fingerprint density at radius 1 is 1.33 bits per heavy atom. The maximum Gasteiger partial charge on any atom is 0.258 e. The van der Waals surface area contributed by atoms with E-state index in [1.165, 1.54) is 42.4 Å². The van der Waals surface area contributed by atoms with Crippen LogP contribution in [-0.4, -0.2) is 40.5 Å². The van der Waals surface area contributed by atoms with Gasteiger partial charge in [0.1, 0.15) is 5.75 Å². The third-order valence-corrected chi connectivity index (χ3v) is 6.88. The van der Waals surface area contributed by atoms with Crippen molar-refractivity contribution in [2.75, 3.05) is 18.1 Å². The van der Waals surface area contributed by atoms with Crippen molar-refractivity contribution in [1.82, 2.24) is 9.88 Å². The summed E-state index contributed by atoms with van der Waals surface area (Å²) in [5.74, 6) is 1.04. The quantitative estimate of drug-likeness (QED) is 0.592. The monoisotopic (exact) mass is 447 g/mol. The molecule has 0 atom stereocenters. The van der Waals surface area contributed by atoms with Crippen LogP contribution < -0.4 is 14.9 Å². The highest BCUT2D eigenvalue weighted by Crippen LogP contribution is 2.23. The molecule has 1 aromatic carbocycles. The number of aromatic nitrogens is 1. The number of ether oxygens (including phenoxy) is 1. The second kappa shape index (κ2) is 11.4. The number of nitrogens with one attached hydrogen (secondary N) is 1. The molecule has 6 nitrogen and oxygen atoms in total. The van der Waals surface area contributed by atoms with Crippen LogP contribution in [0.2, 0.25) is 0 Å². The molecule has 1 fully saturated rings. The van der Waals surface area contributed by atoms with Gasteiger partial charge < -0.3 is 14.6 Å². The van der Waals surface area contributed by atoms with E-state index in [1.807, 2.05) is 29.7 Å². The van der Waals surface area contributed by atoms with Crippen LogP contribution in [-0.2, 0) is 16.1 Å². The number of hydrogen-bond acceptors (Lipinski definition) is 5. The lowest BCUT2D eigenvalue weighted by Gasteiger charge is -2.22. The summed E-state index contributed by atoms with van der Waals surface area (Å²) >= 11 is 2.77. The van der Waals surface area contributed by atoms with Crippen molar-refractivity contribution in [3.8, 4) is 5.75 Å². The van der Waals surface area contributed by atoms with Crippen molar-refractivity contribution in [3.63, 3.8) is 0 Å². The van der Waals surface area contributed by atoms with Gasteiger partial charge in [-0.05, 0) is 38.0 Å². The highest BCUT2D eigenvalue weighted by Gasteiger charge is 2.16. The minimum atomic E-state index is -0.236. The normalized spacial score (nSPS) is 15.3. The number of allylic oxidation sites excluding steroid dienone is 1. The zero-order chi connectivity index (χ0) is 21.3. The number of carbonyl (C=O) groups is 2. The molecule has 1 N–H and O–H groups in total. The molecule has 1 aliphatic carbocycles. The lowest BCUT2D eigenvalue weighted by molar-refractivity contribution is -0.119. The van der Waals surface area contributed by atoms with E-state index >= 15 is 0 Å². The highest BCUT2D eigenvalue weighted by atomic mass is 32.2. The van der Waals surface area contributed by atoms with E-state index in [-0.39, 0.29) is 23.3 Å². The summed E-state index contributed by atoms with van der Waals surface area (Å²) in [7, 11) is 0. The Morgan fingerprint density at radius 3 is 2.87 bits per heavy atom. The minimum absolute atomic E-state index is 0.00624. The van der Waals surface area contributed by atoms with Gasteiger partial charge in [-0.2, -0.15) is 4.99 Å². The number of thiazole rings is 1. The van der Waals surface area contributed by atoms with Gasteiger partial charge in [0.15, 0.2) is 4.80 Å². The molecule has 30 heavy (non-hydrogen) atoms. The summed E-state index contributed by atoms with van der Waals surface area (Å²) in [6.07, 6.45) is 7.53. The Labute approximate surface area is 185 Å². The molecule has 3 rings (SSSR count). The van der Waals surface area contributed by atoms with Crippen molar-refractivity contribution in [1.29, 1.82) is 0 Å². The molecule has 0 saturated heterocycles. The first-order valence-electron chi connectivity index (χ1n) is 10.4. The molecule has 0 spiro atoms. The number of hydrogen-bond donors (Lipinski definition) is 1. The Hall–Kier alpha value is -2.06. The van der Waals surface area contributed by atoms with Gasteiger partial charge in [0.2, 0.25) is 5.91 Å². The van der Waals surface area contributed by atoms with Gasteiger partial charge in [-0.15, -0.1) is 18.3 Å². The van der Waals surface area contributed by atoms with Crippen LogP contribution in [0.15, 0.2) is 35.8 Å². The van der Waals surface area contributed by atoms with Crippen LogP contribution in [0.1, 0.15) is 39.0 Å². The molecule has 1 aliphatic rings. The summed E-state index contributed by atoms with van der Waals surface area (Å²) in [5.41, 5.74) is 0.995. The average molecular weight is 448 g/mol. The van der Waals surface area contributed by atoms with Crippen LogP contribution in [0.3, 0.4) is 0 Å². The fourth-order valence-corrected chi connectivity index (χ4v) is 5.28. The van der Waals surface area contributed by atoms with E-state index in [4.69, 9.17) is 4.74 Å². The van der Waals surface area contributed by atoms with E-state index in [1.54, 1.807) is 6.08 Å². The number of rotatable bonds is 9. The Kier molecular flexibility index (Phi) is 8.57. The summed E-state index contributed by atoms with van der Waals surface area (Å²) in [6, 6.07) is 6.17. The number of fused-ring (bicyclic) bond motifs is 1. The number of nitrogens with zero attached hydrogens (tertiary/aromatic N) is 2. The van der Waals surface area contributed by atoms with Crippen LogP contribution >= 0.6 is 23.1 Å². The largest absolute Gasteiger partial charge is 0.494 e. The first kappa shape index (κ1) is 22.6. The molecule has 0 aliphatic heterocycles. The molecule has 2 amide bonds. The fourth-order valence-electron chi connectivity index (χ4n) is 3.59. The van der Waals surface area contributed by atoms with Crippen LogP contribution in [0, 0.1) is 0 Å². The third-order valence-electron chi connectivity index (χ3n) is 4.93. The van der Waals surface area contributed by atoms with E-state index in [0.29, 0.717) is 24.0 Å². The van der Waals surface area contributed by atoms with Crippen LogP contribution in [0.4, 0.5) is 0 Å². The van der Waals surface area contributed by atoms with Gasteiger partial charge in [-0.3, -0.25) is 9.59 Å².